The van der Waals surface area contributed by atoms with Crippen LogP contribution in [0.2, 0.25) is 5.02 Å². The second-order valence-corrected chi connectivity index (χ2v) is 7.49. The molecule has 0 aromatic heterocycles. The summed E-state index contributed by atoms with van der Waals surface area (Å²) in [4.78, 5) is 0.173. The van der Waals surface area contributed by atoms with Crippen LogP contribution >= 0.6 is 11.6 Å². The minimum Gasteiger partial charge on any atom is -0.398 e. The number of rotatable bonds is 4. The fourth-order valence-electron chi connectivity index (χ4n) is 2.51. The minimum absolute atomic E-state index is 0.0850. The summed E-state index contributed by atoms with van der Waals surface area (Å²) in [6.07, 6.45) is 1.40. The molecule has 7 heteroatoms. The predicted molar refractivity (Wildman–Crippen MR) is 79.2 cm³/mol. The molecule has 0 saturated carbocycles. The monoisotopic (exact) mass is 318 g/mol. The zero-order chi connectivity index (χ0) is 14.9. The molecular weight excluding hydrogens is 300 g/mol. The van der Waals surface area contributed by atoms with Crippen LogP contribution in [0.4, 0.5) is 5.69 Å². The Kier molecular flexibility index (Phi) is 4.59. The summed E-state index contributed by atoms with van der Waals surface area (Å²) in [6.45, 7) is 2.68. The first kappa shape index (κ1) is 15.6. The summed E-state index contributed by atoms with van der Waals surface area (Å²) in [5.41, 5.74) is 6.70. The van der Waals surface area contributed by atoms with E-state index in [1.54, 1.807) is 13.0 Å². The SMILES string of the molecule is Cc1c(N)cc(Cl)cc1S(=O)(=O)N1CCC(CCO)C1. The molecule has 0 aliphatic carbocycles. The van der Waals surface area contributed by atoms with Crippen molar-refractivity contribution in [2.24, 2.45) is 5.92 Å². The third kappa shape index (κ3) is 2.93. The highest BCUT2D eigenvalue weighted by molar-refractivity contribution is 7.89. The van der Waals surface area contributed by atoms with Crippen molar-refractivity contribution in [1.82, 2.24) is 4.31 Å². The van der Waals surface area contributed by atoms with Crippen molar-refractivity contribution in [2.45, 2.75) is 24.7 Å². The summed E-state index contributed by atoms with van der Waals surface area (Å²) >= 11 is 5.92. The first-order valence-electron chi connectivity index (χ1n) is 6.53. The second-order valence-electron chi connectivity index (χ2n) is 5.15. The van der Waals surface area contributed by atoms with Gasteiger partial charge in [0, 0.05) is 30.4 Å². The van der Waals surface area contributed by atoms with Crippen molar-refractivity contribution < 1.29 is 13.5 Å². The van der Waals surface area contributed by atoms with Crippen molar-refractivity contribution in [3.05, 3.63) is 22.7 Å². The van der Waals surface area contributed by atoms with Crippen LogP contribution in [0, 0.1) is 12.8 Å². The molecule has 0 spiro atoms. The van der Waals surface area contributed by atoms with Gasteiger partial charge in [-0.1, -0.05) is 11.6 Å². The fourth-order valence-corrected chi connectivity index (χ4v) is 4.62. The molecule has 1 aromatic carbocycles. The molecule has 1 heterocycles. The second kappa shape index (κ2) is 5.89. The van der Waals surface area contributed by atoms with Crippen molar-refractivity contribution in [3.8, 4) is 0 Å². The molecule has 3 N–H and O–H groups in total. The van der Waals surface area contributed by atoms with Crippen LogP contribution in [0.3, 0.4) is 0 Å². The number of anilines is 1. The Morgan fingerprint density at radius 1 is 1.50 bits per heavy atom. The molecular formula is C13H19ClN2O3S. The Labute approximate surface area is 124 Å². The van der Waals surface area contributed by atoms with Crippen LogP contribution in [0.1, 0.15) is 18.4 Å². The Hall–Kier alpha value is -0.820. The Morgan fingerprint density at radius 3 is 2.85 bits per heavy atom. The standard InChI is InChI=1S/C13H19ClN2O3S/c1-9-12(15)6-11(14)7-13(9)20(18,19)16-4-2-10(8-16)3-5-17/h6-7,10,17H,2-5,8,15H2,1H3. The van der Waals surface area contributed by atoms with Crippen LogP contribution < -0.4 is 5.73 Å². The smallest absolute Gasteiger partial charge is 0.243 e. The van der Waals surface area contributed by atoms with Gasteiger partial charge in [0.05, 0.1) is 4.90 Å². The zero-order valence-electron chi connectivity index (χ0n) is 11.3. The summed E-state index contributed by atoms with van der Waals surface area (Å²) in [7, 11) is -3.58. The quantitative estimate of drug-likeness (QED) is 0.826. The molecule has 20 heavy (non-hydrogen) atoms. The summed E-state index contributed by atoms with van der Waals surface area (Å²) in [5, 5.41) is 9.27. The number of benzene rings is 1. The lowest BCUT2D eigenvalue weighted by Gasteiger charge is -2.19. The van der Waals surface area contributed by atoms with Crippen LogP contribution in [0.25, 0.3) is 0 Å². The fraction of sp³-hybridized carbons (Fsp3) is 0.538. The van der Waals surface area contributed by atoms with Crippen LogP contribution in [0.5, 0.6) is 0 Å². The number of nitrogens with two attached hydrogens (primary N) is 1. The van der Waals surface area contributed by atoms with Crippen molar-refractivity contribution in [3.63, 3.8) is 0 Å². The van der Waals surface area contributed by atoms with Gasteiger partial charge in [-0.3, -0.25) is 0 Å². The minimum atomic E-state index is -3.58. The van der Waals surface area contributed by atoms with E-state index >= 15 is 0 Å². The van der Waals surface area contributed by atoms with Crippen molar-refractivity contribution in [1.29, 1.82) is 0 Å². The predicted octanol–water partition coefficient (Wildman–Crippen LogP) is 1.62. The lowest BCUT2D eigenvalue weighted by Crippen LogP contribution is -2.29. The van der Waals surface area contributed by atoms with Gasteiger partial charge in [0.1, 0.15) is 0 Å². The van der Waals surface area contributed by atoms with Crippen molar-refractivity contribution in [2.75, 3.05) is 25.4 Å². The largest absolute Gasteiger partial charge is 0.398 e. The van der Waals surface area contributed by atoms with E-state index in [1.165, 1.54) is 10.4 Å². The maximum absolute atomic E-state index is 12.7. The Morgan fingerprint density at radius 2 is 2.20 bits per heavy atom. The van der Waals surface area contributed by atoms with E-state index in [9.17, 15) is 8.42 Å². The van der Waals surface area contributed by atoms with E-state index in [-0.39, 0.29) is 17.4 Å². The van der Waals surface area contributed by atoms with E-state index in [1.807, 2.05) is 0 Å². The van der Waals surface area contributed by atoms with Crippen LogP contribution in [-0.4, -0.2) is 37.5 Å². The maximum atomic E-state index is 12.7. The Bertz CT molecular complexity index is 604. The molecule has 0 bridgehead atoms. The third-order valence-electron chi connectivity index (χ3n) is 3.77. The first-order valence-corrected chi connectivity index (χ1v) is 8.34. The lowest BCUT2D eigenvalue weighted by molar-refractivity contribution is 0.259. The number of hydrogen-bond donors (Lipinski definition) is 2. The highest BCUT2D eigenvalue weighted by Gasteiger charge is 2.33. The van der Waals surface area contributed by atoms with Gasteiger partial charge in [-0.05, 0) is 43.4 Å². The molecule has 1 fully saturated rings. The van der Waals surface area contributed by atoms with E-state index in [4.69, 9.17) is 22.4 Å². The van der Waals surface area contributed by atoms with Gasteiger partial charge in [-0.2, -0.15) is 4.31 Å². The maximum Gasteiger partial charge on any atom is 0.243 e. The molecule has 1 aliphatic rings. The highest BCUT2D eigenvalue weighted by Crippen LogP contribution is 2.31. The van der Waals surface area contributed by atoms with E-state index in [0.29, 0.717) is 35.8 Å². The van der Waals surface area contributed by atoms with Gasteiger partial charge in [0.25, 0.3) is 0 Å². The number of sulfonamides is 1. The number of nitrogen functional groups attached to an aromatic ring is 1. The highest BCUT2D eigenvalue weighted by atomic mass is 35.5. The molecule has 0 amide bonds. The van der Waals surface area contributed by atoms with Gasteiger partial charge < -0.3 is 10.8 Å². The van der Waals surface area contributed by atoms with E-state index in [2.05, 4.69) is 0 Å². The number of nitrogens with zero attached hydrogens (tertiary/aromatic N) is 1. The summed E-state index contributed by atoms with van der Waals surface area (Å²) in [5.74, 6) is 0.214. The number of aliphatic hydroxyl groups excluding tert-OH is 1. The molecule has 112 valence electrons. The molecule has 2 rings (SSSR count). The van der Waals surface area contributed by atoms with Crippen LogP contribution in [0.15, 0.2) is 17.0 Å². The number of aliphatic hydroxyl groups is 1. The van der Waals surface area contributed by atoms with Crippen molar-refractivity contribution >= 4 is 27.3 Å². The van der Waals surface area contributed by atoms with Gasteiger partial charge >= 0.3 is 0 Å². The Balaban J connectivity index is 2.32. The third-order valence-corrected chi connectivity index (χ3v) is 5.98. The molecule has 1 atom stereocenters. The average molecular weight is 319 g/mol. The van der Waals surface area contributed by atoms with Gasteiger partial charge in [-0.25, -0.2) is 8.42 Å². The summed E-state index contributed by atoms with van der Waals surface area (Å²) < 4.78 is 26.8. The molecule has 1 aliphatic heterocycles. The van der Waals surface area contributed by atoms with Gasteiger partial charge in [0.2, 0.25) is 10.0 Å². The lowest BCUT2D eigenvalue weighted by atomic mass is 10.1. The molecule has 0 radical (unpaired) electrons. The van der Waals surface area contributed by atoms with Gasteiger partial charge in [-0.15, -0.1) is 0 Å². The van der Waals surface area contributed by atoms with E-state index in [0.717, 1.165) is 6.42 Å². The molecule has 1 aromatic rings. The first-order chi connectivity index (χ1) is 9.36. The molecule has 5 nitrogen and oxygen atoms in total. The average Bonchev–Trinajstić information content (AvgIpc) is 2.83. The summed E-state index contributed by atoms with van der Waals surface area (Å²) in [6, 6.07) is 3.00. The number of halogens is 1. The topological polar surface area (TPSA) is 83.6 Å². The molecule has 1 saturated heterocycles. The van der Waals surface area contributed by atoms with Gasteiger partial charge in [0.15, 0.2) is 0 Å². The normalized spacial score (nSPS) is 20.4. The van der Waals surface area contributed by atoms with Crippen LogP contribution in [-0.2, 0) is 10.0 Å². The zero-order valence-corrected chi connectivity index (χ0v) is 12.9. The number of hydrogen-bond acceptors (Lipinski definition) is 4. The van der Waals surface area contributed by atoms with E-state index < -0.39 is 10.0 Å². The molecule has 1 unspecified atom stereocenters.